The summed E-state index contributed by atoms with van der Waals surface area (Å²) in [6.45, 7) is 2.73. The fraction of sp³-hybridized carbons (Fsp3) is 0.250. The summed E-state index contributed by atoms with van der Waals surface area (Å²) in [5, 5.41) is 0.781. The van der Waals surface area contributed by atoms with Gasteiger partial charge in [0.15, 0.2) is 0 Å². The Hall–Kier alpha value is -1.51. The van der Waals surface area contributed by atoms with E-state index in [0.29, 0.717) is 6.54 Å². The first-order valence-corrected chi connectivity index (χ1v) is 6.79. The third kappa shape index (κ3) is 3.09. The molecule has 0 amide bonds. The summed E-state index contributed by atoms with van der Waals surface area (Å²) >= 11 is 6.30. The lowest BCUT2D eigenvalue weighted by Crippen LogP contribution is -2.11. The molecule has 0 aliphatic carbocycles. The van der Waals surface area contributed by atoms with E-state index in [1.807, 2.05) is 18.2 Å². The van der Waals surface area contributed by atoms with Gasteiger partial charge in [-0.2, -0.15) is 0 Å². The van der Waals surface area contributed by atoms with Crippen LogP contribution in [0.3, 0.4) is 0 Å². The highest BCUT2D eigenvalue weighted by Crippen LogP contribution is 2.29. The van der Waals surface area contributed by atoms with Crippen molar-refractivity contribution in [3.8, 4) is 0 Å². The predicted molar refractivity (Wildman–Crippen MR) is 83.5 cm³/mol. The molecule has 0 unspecified atom stereocenters. The third-order valence-corrected chi connectivity index (χ3v) is 3.67. The number of benzene rings is 2. The quantitative estimate of drug-likeness (QED) is 0.916. The van der Waals surface area contributed by atoms with Crippen LogP contribution in [-0.2, 0) is 6.42 Å². The molecule has 2 rings (SSSR count). The minimum atomic E-state index is 0.618. The number of rotatable bonds is 4. The summed E-state index contributed by atoms with van der Waals surface area (Å²) in [5.41, 5.74) is 10.2. The molecule has 0 aliphatic rings. The highest BCUT2D eigenvalue weighted by Gasteiger charge is 2.08. The number of halogens is 1. The van der Waals surface area contributed by atoms with Gasteiger partial charge in [-0.3, -0.25) is 0 Å². The van der Waals surface area contributed by atoms with Gasteiger partial charge in [0.2, 0.25) is 0 Å². The highest BCUT2D eigenvalue weighted by molar-refractivity contribution is 6.31. The van der Waals surface area contributed by atoms with Crippen molar-refractivity contribution in [2.45, 2.75) is 13.3 Å². The Balaban J connectivity index is 2.32. The maximum atomic E-state index is 6.30. The van der Waals surface area contributed by atoms with Crippen LogP contribution in [0.25, 0.3) is 0 Å². The van der Waals surface area contributed by atoms with Gasteiger partial charge in [-0.25, -0.2) is 0 Å². The SMILES string of the molecule is Cc1ccccc1N(C)c1ccc(CCN)c(Cl)c1. The van der Waals surface area contributed by atoms with Crippen molar-refractivity contribution < 1.29 is 0 Å². The fourth-order valence-corrected chi connectivity index (χ4v) is 2.45. The molecule has 0 bridgehead atoms. The molecule has 2 nitrogen and oxygen atoms in total. The summed E-state index contributed by atoms with van der Waals surface area (Å²) < 4.78 is 0. The number of nitrogens with zero attached hydrogens (tertiary/aromatic N) is 1. The average Bonchev–Trinajstić information content (AvgIpc) is 2.41. The molecule has 0 spiro atoms. The van der Waals surface area contributed by atoms with Gasteiger partial charge < -0.3 is 10.6 Å². The second kappa shape index (κ2) is 6.09. The molecule has 0 radical (unpaired) electrons. The molecule has 0 heterocycles. The Labute approximate surface area is 119 Å². The zero-order valence-electron chi connectivity index (χ0n) is 11.4. The van der Waals surface area contributed by atoms with Crippen molar-refractivity contribution in [3.05, 3.63) is 58.6 Å². The van der Waals surface area contributed by atoms with Gasteiger partial charge in [0.25, 0.3) is 0 Å². The Bertz CT molecular complexity index is 566. The van der Waals surface area contributed by atoms with Gasteiger partial charge in [0.05, 0.1) is 0 Å². The van der Waals surface area contributed by atoms with E-state index in [2.05, 4.69) is 43.1 Å². The van der Waals surface area contributed by atoms with Crippen LogP contribution in [0.1, 0.15) is 11.1 Å². The number of aryl methyl sites for hydroxylation is 1. The molecule has 0 fully saturated rings. The van der Waals surface area contributed by atoms with Crippen LogP contribution < -0.4 is 10.6 Å². The van der Waals surface area contributed by atoms with E-state index < -0.39 is 0 Å². The van der Waals surface area contributed by atoms with Crippen molar-refractivity contribution in [3.63, 3.8) is 0 Å². The third-order valence-electron chi connectivity index (χ3n) is 3.31. The molecule has 2 N–H and O–H groups in total. The molecular formula is C16H19ClN2. The zero-order valence-corrected chi connectivity index (χ0v) is 12.1. The normalized spacial score (nSPS) is 10.5. The molecule has 3 heteroatoms. The van der Waals surface area contributed by atoms with E-state index in [-0.39, 0.29) is 0 Å². The molecule has 0 atom stereocenters. The standard InChI is InChI=1S/C16H19ClN2/c1-12-5-3-4-6-16(12)19(2)14-8-7-13(9-10-18)15(17)11-14/h3-8,11H,9-10,18H2,1-2H3. The second-order valence-electron chi connectivity index (χ2n) is 4.66. The van der Waals surface area contributed by atoms with Gasteiger partial charge in [0.1, 0.15) is 0 Å². The van der Waals surface area contributed by atoms with Crippen molar-refractivity contribution in [1.29, 1.82) is 0 Å². The van der Waals surface area contributed by atoms with Crippen LogP contribution >= 0.6 is 11.6 Å². The Morgan fingerprint density at radius 1 is 1.16 bits per heavy atom. The zero-order chi connectivity index (χ0) is 13.8. The number of anilines is 2. The Morgan fingerprint density at radius 2 is 1.89 bits per heavy atom. The average molecular weight is 275 g/mol. The van der Waals surface area contributed by atoms with Gasteiger partial charge in [-0.1, -0.05) is 35.9 Å². The molecule has 100 valence electrons. The van der Waals surface area contributed by atoms with Crippen LogP contribution in [0.15, 0.2) is 42.5 Å². The minimum Gasteiger partial charge on any atom is -0.344 e. The van der Waals surface area contributed by atoms with Crippen LogP contribution in [0.4, 0.5) is 11.4 Å². The Morgan fingerprint density at radius 3 is 2.53 bits per heavy atom. The molecular weight excluding hydrogens is 256 g/mol. The van der Waals surface area contributed by atoms with E-state index in [4.69, 9.17) is 17.3 Å². The van der Waals surface area contributed by atoms with Crippen molar-refractivity contribution >= 4 is 23.0 Å². The van der Waals surface area contributed by atoms with Crippen molar-refractivity contribution in [2.24, 2.45) is 5.73 Å². The van der Waals surface area contributed by atoms with Gasteiger partial charge in [-0.15, -0.1) is 0 Å². The van der Waals surface area contributed by atoms with Crippen molar-refractivity contribution in [2.75, 3.05) is 18.5 Å². The maximum Gasteiger partial charge on any atom is 0.0459 e. The first-order valence-electron chi connectivity index (χ1n) is 6.41. The number of nitrogens with two attached hydrogens (primary N) is 1. The molecule has 0 saturated carbocycles. The predicted octanol–water partition coefficient (Wildman–Crippen LogP) is 3.92. The monoisotopic (exact) mass is 274 g/mol. The molecule has 2 aromatic rings. The molecule has 0 aliphatic heterocycles. The topological polar surface area (TPSA) is 29.3 Å². The first kappa shape index (κ1) is 13.9. The van der Waals surface area contributed by atoms with E-state index >= 15 is 0 Å². The van der Waals surface area contributed by atoms with Crippen LogP contribution in [0, 0.1) is 6.92 Å². The maximum absolute atomic E-state index is 6.30. The molecule has 19 heavy (non-hydrogen) atoms. The number of para-hydroxylation sites is 1. The van der Waals surface area contributed by atoms with E-state index in [1.54, 1.807) is 0 Å². The second-order valence-corrected chi connectivity index (χ2v) is 5.07. The van der Waals surface area contributed by atoms with Gasteiger partial charge >= 0.3 is 0 Å². The number of hydrogen-bond donors (Lipinski definition) is 1. The highest BCUT2D eigenvalue weighted by atomic mass is 35.5. The lowest BCUT2D eigenvalue weighted by atomic mass is 10.1. The summed E-state index contributed by atoms with van der Waals surface area (Å²) in [6, 6.07) is 14.4. The van der Waals surface area contributed by atoms with Crippen LogP contribution in [0.5, 0.6) is 0 Å². The Kier molecular flexibility index (Phi) is 4.46. The molecule has 0 aromatic heterocycles. The summed E-state index contributed by atoms with van der Waals surface area (Å²) in [7, 11) is 2.05. The number of hydrogen-bond acceptors (Lipinski definition) is 2. The lowest BCUT2D eigenvalue weighted by Gasteiger charge is -2.22. The smallest absolute Gasteiger partial charge is 0.0459 e. The van der Waals surface area contributed by atoms with E-state index in [9.17, 15) is 0 Å². The van der Waals surface area contributed by atoms with Gasteiger partial charge in [-0.05, 0) is 49.2 Å². The van der Waals surface area contributed by atoms with E-state index in [1.165, 1.54) is 11.3 Å². The minimum absolute atomic E-state index is 0.618. The lowest BCUT2D eigenvalue weighted by molar-refractivity contribution is 0.968. The molecule has 0 saturated heterocycles. The largest absolute Gasteiger partial charge is 0.344 e. The van der Waals surface area contributed by atoms with Crippen LogP contribution in [-0.4, -0.2) is 13.6 Å². The summed E-state index contributed by atoms with van der Waals surface area (Å²) in [6.07, 6.45) is 0.813. The van der Waals surface area contributed by atoms with Crippen LogP contribution in [0.2, 0.25) is 5.02 Å². The summed E-state index contributed by atoms with van der Waals surface area (Å²) in [4.78, 5) is 2.15. The van der Waals surface area contributed by atoms with Gasteiger partial charge in [0, 0.05) is 23.4 Å². The van der Waals surface area contributed by atoms with E-state index in [0.717, 1.165) is 22.7 Å². The fourth-order valence-electron chi connectivity index (χ4n) is 2.18. The summed E-state index contributed by atoms with van der Waals surface area (Å²) in [5.74, 6) is 0. The van der Waals surface area contributed by atoms with Crippen molar-refractivity contribution in [1.82, 2.24) is 0 Å². The molecule has 2 aromatic carbocycles. The first-order chi connectivity index (χ1) is 9.13.